The highest BCUT2D eigenvalue weighted by Crippen LogP contribution is 2.47. The molecule has 3 fully saturated rings. The standard InChI is InChI=1S/C23H30N4O2S/c1-23(21(29)26-22(30-23)25-19-12-15-4-5-17(19)11-15)18-6-9-27(10-7-18)20(28)13-16-3-2-8-24-14-16/h2-3,8,14-15,17-19H,4-7,9-13H2,1H3,(H,25,26,29)/t15-,17-,19-,23?/m0/s1. The fourth-order valence-electron chi connectivity index (χ4n) is 5.84. The van der Waals surface area contributed by atoms with E-state index in [4.69, 9.17) is 0 Å². The van der Waals surface area contributed by atoms with Crippen LogP contribution in [0.1, 0.15) is 51.0 Å². The monoisotopic (exact) mass is 426 g/mol. The summed E-state index contributed by atoms with van der Waals surface area (Å²) in [5.74, 6) is 2.02. The molecule has 4 aliphatic rings. The van der Waals surface area contributed by atoms with Gasteiger partial charge in [0, 0.05) is 31.5 Å². The van der Waals surface area contributed by atoms with E-state index in [1.165, 1.54) is 25.7 Å². The van der Waals surface area contributed by atoms with Crippen LogP contribution in [0.15, 0.2) is 29.5 Å². The highest BCUT2D eigenvalue weighted by molar-refractivity contribution is 8.16. The topological polar surface area (TPSA) is 74.7 Å². The lowest BCUT2D eigenvalue weighted by Gasteiger charge is -2.38. The number of carbonyl (C=O) groups is 2. The van der Waals surface area contributed by atoms with Crippen LogP contribution >= 0.6 is 11.8 Å². The molecule has 4 atom stereocenters. The minimum absolute atomic E-state index is 0.00158. The van der Waals surface area contributed by atoms with E-state index in [9.17, 15) is 9.59 Å². The van der Waals surface area contributed by atoms with Crippen LogP contribution in [0.4, 0.5) is 0 Å². The van der Waals surface area contributed by atoms with E-state index in [1.54, 1.807) is 24.2 Å². The van der Waals surface area contributed by atoms with Crippen LogP contribution in [0.25, 0.3) is 0 Å². The van der Waals surface area contributed by atoms with Gasteiger partial charge < -0.3 is 10.2 Å². The predicted octanol–water partition coefficient (Wildman–Crippen LogP) is 3.03. The van der Waals surface area contributed by atoms with Crippen LogP contribution in [0.3, 0.4) is 0 Å². The van der Waals surface area contributed by atoms with Crippen LogP contribution in [-0.2, 0) is 16.0 Å². The number of carbonyl (C=O) groups excluding carboxylic acids is 2. The highest BCUT2D eigenvalue weighted by atomic mass is 32.2. The molecule has 1 aromatic rings. The second-order valence-electron chi connectivity index (χ2n) is 9.55. The Kier molecular flexibility index (Phi) is 5.33. The van der Waals surface area contributed by atoms with Gasteiger partial charge in [-0.05, 0) is 68.4 Å². The molecule has 2 amide bonds. The predicted molar refractivity (Wildman–Crippen MR) is 118 cm³/mol. The van der Waals surface area contributed by atoms with Crippen molar-refractivity contribution in [3.8, 4) is 0 Å². The van der Waals surface area contributed by atoms with E-state index in [0.29, 0.717) is 25.6 Å². The van der Waals surface area contributed by atoms with E-state index in [0.717, 1.165) is 35.4 Å². The molecule has 2 aliphatic carbocycles. The van der Waals surface area contributed by atoms with Gasteiger partial charge in [0.05, 0.1) is 6.42 Å². The first-order valence-electron chi connectivity index (χ1n) is 11.3. The van der Waals surface area contributed by atoms with Crippen molar-refractivity contribution in [2.24, 2.45) is 22.7 Å². The molecule has 0 spiro atoms. The van der Waals surface area contributed by atoms with Gasteiger partial charge in [-0.15, -0.1) is 0 Å². The summed E-state index contributed by atoms with van der Waals surface area (Å²) in [6, 6.07) is 4.30. The molecule has 3 heterocycles. The summed E-state index contributed by atoms with van der Waals surface area (Å²) in [4.78, 5) is 35.9. The Labute approximate surface area is 182 Å². The molecule has 2 aliphatic heterocycles. The van der Waals surface area contributed by atoms with Gasteiger partial charge in [-0.1, -0.05) is 24.2 Å². The minimum Gasteiger partial charge on any atom is -0.361 e. The number of aliphatic imine (C=N–C) groups is 1. The van der Waals surface area contributed by atoms with Gasteiger partial charge in [0.2, 0.25) is 5.91 Å². The summed E-state index contributed by atoms with van der Waals surface area (Å²) in [7, 11) is 0. The first-order valence-corrected chi connectivity index (χ1v) is 12.1. The fourth-order valence-corrected chi connectivity index (χ4v) is 7.12. The maximum absolute atomic E-state index is 12.9. The molecule has 30 heavy (non-hydrogen) atoms. The van der Waals surface area contributed by atoms with Crippen LogP contribution < -0.4 is 5.32 Å². The van der Waals surface area contributed by atoms with Gasteiger partial charge in [0.1, 0.15) is 4.75 Å². The first kappa shape index (κ1) is 20.0. The summed E-state index contributed by atoms with van der Waals surface area (Å²) >= 11 is 1.63. The SMILES string of the molecule is CC1(C2CCN(C(=O)Cc3cccnc3)CC2)SC(N[C@H]2C[C@H]3CC[C@H]2C3)=NC1=O. The second-order valence-corrected chi connectivity index (χ2v) is 11.0. The normalized spacial score (nSPS) is 33.8. The average Bonchev–Trinajstić information content (AvgIpc) is 3.44. The Morgan fingerprint density at radius 3 is 2.77 bits per heavy atom. The third-order valence-electron chi connectivity index (χ3n) is 7.69. The van der Waals surface area contributed by atoms with Crippen LogP contribution in [0, 0.1) is 17.8 Å². The van der Waals surface area contributed by atoms with Crippen LogP contribution in [-0.4, -0.2) is 50.7 Å². The minimum atomic E-state index is -0.502. The third kappa shape index (κ3) is 3.77. The number of amides is 2. The molecule has 1 N–H and O–H groups in total. The van der Waals surface area contributed by atoms with Gasteiger partial charge in [0.15, 0.2) is 5.17 Å². The van der Waals surface area contributed by atoms with E-state index >= 15 is 0 Å². The average molecular weight is 427 g/mol. The number of hydrogen-bond donors (Lipinski definition) is 1. The number of nitrogens with one attached hydrogen (secondary N) is 1. The Hall–Kier alpha value is -1.89. The zero-order valence-corrected chi connectivity index (χ0v) is 18.4. The molecule has 1 unspecified atom stereocenters. The molecular formula is C23H30N4O2S. The number of amidine groups is 1. The van der Waals surface area contributed by atoms with Crippen molar-refractivity contribution in [3.05, 3.63) is 30.1 Å². The van der Waals surface area contributed by atoms with Crippen molar-refractivity contribution in [3.63, 3.8) is 0 Å². The molecule has 2 saturated carbocycles. The summed E-state index contributed by atoms with van der Waals surface area (Å²) in [6.07, 6.45) is 10.8. The van der Waals surface area contributed by atoms with E-state index < -0.39 is 4.75 Å². The molecule has 1 aromatic heterocycles. The first-order chi connectivity index (χ1) is 14.5. The molecule has 5 rings (SSSR count). The number of nitrogens with zero attached hydrogens (tertiary/aromatic N) is 3. The van der Waals surface area contributed by atoms with Crippen LogP contribution in [0.2, 0.25) is 0 Å². The van der Waals surface area contributed by atoms with E-state index in [1.807, 2.05) is 17.0 Å². The second kappa shape index (κ2) is 7.98. The summed E-state index contributed by atoms with van der Waals surface area (Å²) < 4.78 is -0.502. The van der Waals surface area contributed by atoms with Gasteiger partial charge in [0.25, 0.3) is 5.91 Å². The zero-order chi connectivity index (χ0) is 20.7. The van der Waals surface area contributed by atoms with E-state index in [2.05, 4.69) is 22.2 Å². The summed E-state index contributed by atoms with van der Waals surface area (Å²) in [5.41, 5.74) is 0.947. The summed E-state index contributed by atoms with van der Waals surface area (Å²) in [5, 5.41) is 4.44. The Bertz CT molecular complexity index is 852. The molecule has 0 radical (unpaired) electrons. The molecule has 1 saturated heterocycles. The van der Waals surface area contributed by atoms with Gasteiger partial charge >= 0.3 is 0 Å². The summed E-state index contributed by atoms with van der Waals surface area (Å²) in [6.45, 7) is 3.47. The van der Waals surface area contributed by atoms with Crippen molar-refractivity contribution < 1.29 is 9.59 Å². The smallest absolute Gasteiger partial charge is 0.264 e. The number of piperidine rings is 1. The number of pyridine rings is 1. The quantitative estimate of drug-likeness (QED) is 0.801. The molecular weight excluding hydrogens is 396 g/mol. The van der Waals surface area contributed by atoms with Gasteiger partial charge in [-0.25, -0.2) is 0 Å². The van der Waals surface area contributed by atoms with Gasteiger partial charge in [-0.2, -0.15) is 4.99 Å². The van der Waals surface area contributed by atoms with Crippen molar-refractivity contribution >= 4 is 28.7 Å². The Morgan fingerprint density at radius 1 is 1.27 bits per heavy atom. The number of fused-ring (bicyclic) bond motifs is 2. The Morgan fingerprint density at radius 2 is 2.10 bits per heavy atom. The van der Waals surface area contributed by atoms with Crippen molar-refractivity contribution in [1.82, 2.24) is 15.2 Å². The number of rotatable bonds is 4. The number of hydrogen-bond acceptors (Lipinski definition) is 5. The van der Waals surface area contributed by atoms with Gasteiger partial charge in [-0.3, -0.25) is 14.6 Å². The molecule has 7 heteroatoms. The van der Waals surface area contributed by atoms with Crippen molar-refractivity contribution in [2.75, 3.05) is 13.1 Å². The number of thioether (sulfide) groups is 1. The zero-order valence-electron chi connectivity index (χ0n) is 17.5. The maximum Gasteiger partial charge on any atom is 0.264 e. The van der Waals surface area contributed by atoms with Crippen molar-refractivity contribution in [2.45, 2.75) is 62.7 Å². The third-order valence-corrected chi connectivity index (χ3v) is 9.02. The lowest BCUT2D eigenvalue weighted by Crippen LogP contribution is -2.47. The van der Waals surface area contributed by atoms with Crippen LogP contribution in [0.5, 0.6) is 0 Å². The largest absolute Gasteiger partial charge is 0.361 e. The highest BCUT2D eigenvalue weighted by Gasteiger charge is 2.49. The van der Waals surface area contributed by atoms with E-state index in [-0.39, 0.29) is 17.7 Å². The molecule has 6 nitrogen and oxygen atoms in total. The molecule has 2 bridgehead atoms. The number of likely N-dealkylation sites (tertiary alicyclic amines) is 1. The molecule has 0 aromatic carbocycles. The lowest BCUT2D eigenvalue weighted by molar-refractivity contribution is -0.132. The maximum atomic E-state index is 12.9. The Balaban J connectivity index is 1.15. The van der Waals surface area contributed by atoms with Crippen molar-refractivity contribution in [1.29, 1.82) is 0 Å². The lowest BCUT2D eigenvalue weighted by atomic mass is 9.84. The fraction of sp³-hybridized carbons (Fsp3) is 0.652. The number of aromatic nitrogens is 1. The molecule has 160 valence electrons.